The molecule has 0 aliphatic heterocycles. The molecule has 1 aromatic heterocycles. The Morgan fingerprint density at radius 2 is 1.74 bits per heavy atom. The number of hydrogen-bond acceptors (Lipinski definition) is 4. The lowest BCUT2D eigenvalue weighted by Gasteiger charge is -2.18. The molecule has 2 aromatic carbocycles. The Labute approximate surface area is 136 Å². The largest absolute Gasteiger partial charge is 0.346 e. The zero-order valence-corrected chi connectivity index (χ0v) is 13.9. The fourth-order valence-electron chi connectivity index (χ4n) is 2.65. The van der Waals surface area contributed by atoms with Crippen LogP contribution >= 0.6 is 0 Å². The Kier molecular flexibility index (Phi) is 4.10. The summed E-state index contributed by atoms with van der Waals surface area (Å²) in [7, 11) is 0. The fraction of sp³-hybridized carbons (Fsp3) is 0.278. The van der Waals surface area contributed by atoms with Crippen LogP contribution in [0.25, 0.3) is 5.69 Å². The molecule has 5 nitrogen and oxygen atoms in total. The molecule has 1 N–H and O–H groups in total. The van der Waals surface area contributed by atoms with Gasteiger partial charge in [-0.05, 0) is 66.9 Å². The quantitative estimate of drug-likeness (QED) is 0.797. The molecule has 0 aliphatic carbocycles. The van der Waals surface area contributed by atoms with Gasteiger partial charge < -0.3 is 5.32 Å². The number of hydrogen-bond donors (Lipinski definition) is 1. The molecule has 0 radical (unpaired) electrons. The molecule has 3 rings (SSSR count). The average molecular weight is 307 g/mol. The SMILES string of the molecule is Cc1ccc(-n2nnnc2NC(C)c2cccc(C)c2C)cc1. The summed E-state index contributed by atoms with van der Waals surface area (Å²) in [6.07, 6.45) is 0. The van der Waals surface area contributed by atoms with E-state index >= 15 is 0 Å². The number of rotatable bonds is 4. The highest BCUT2D eigenvalue weighted by Crippen LogP contribution is 2.23. The van der Waals surface area contributed by atoms with Crippen LogP contribution < -0.4 is 5.32 Å². The first-order valence-electron chi connectivity index (χ1n) is 7.74. The molecule has 0 amide bonds. The molecule has 0 saturated carbocycles. The number of tetrazole rings is 1. The van der Waals surface area contributed by atoms with E-state index in [1.54, 1.807) is 4.68 Å². The van der Waals surface area contributed by atoms with E-state index in [9.17, 15) is 0 Å². The van der Waals surface area contributed by atoms with Crippen molar-refractivity contribution in [2.75, 3.05) is 5.32 Å². The van der Waals surface area contributed by atoms with Crippen LogP contribution in [0, 0.1) is 20.8 Å². The summed E-state index contributed by atoms with van der Waals surface area (Å²) in [5.74, 6) is 0.641. The van der Waals surface area contributed by atoms with E-state index in [0.29, 0.717) is 5.95 Å². The van der Waals surface area contributed by atoms with Crippen molar-refractivity contribution in [1.82, 2.24) is 20.2 Å². The van der Waals surface area contributed by atoms with Gasteiger partial charge in [-0.15, -0.1) is 0 Å². The monoisotopic (exact) mass is 307 g/mol. The summed E-state index contributed by atoms with van der Waals surface area (Å²) >= 11 is 0. The predicted octanol–water partition coefficient (Wildman–Crippen LogP) is 3.76. The van der Waals surface area contributed by atoms with Crippen molar-refractivity contribution in [2.24, 2.45) is 0 Å². The van der Waals surface area contributed by atoms with Crippen LogP contribution in [0.4, 0.5) is 5.95 Å². The van der Waals surface area contributed by atoms with Gasteiger partial charge in [0.15, 0.2) is 0 Å². The van der Waals surface area contributed by atoms with E-state index in [1.165, 1.54) is 22.3 Å². The van der Waals surface area contributed by atoms with Crippen molar-refractivity contribution < 1.29 is 0 Å². The van der Waals surface area contributed by atoms with Gasteiger partial charge in [-0.1, -0.05) is 41.0 Å². The Morgan fingerprint density at radius 3 is 2.48 bits per heavy atom. The summed E-state index contributed by atoms with van der Waals surface area (Å²) in [6.45, 7) is 8.45. The van der Waals surface area contributed by atoms with Crippen molar-refractivity contribution in [3.05, 3.63) is 64.7 Å². The van der Waals surface area contributed by atoms with Crippen molar-refractivity contribution in [1.29, 1.82) is 0 Å². The Morgan fingerprint density at radius 1 is 1.00 bits per heavy atom. The van der Waals surface area contributed by atoms with Gasteiger partial charge in [0, 0.05) is 0 Å². The Hall–Kier alpha value is -2.69. The van der Waals surface area contributed by atoms with E-state index in [-0.39, 0.29) is 6.04 Å². The van der Waals surface area contributed by atoms with Gasteiger partial charge in [-0.2, -0.15) is 4.68 Å². The smallest absolute Gasteiger partial charge is 0.248 e. The maximum absolute atomic E-state index is 4.12. The molecule has 5 heteroatoms. The summed E-state index contributed by atoms with van der Waals surface area (Å²) in [5, 5.41) is 15.4. The van der Waals surface area contributed by atoms with Crippen LogP contribution in [0.15, 0.2) is 42.5 Å². The molecule has 3 aromatic rings. The molecule has 23 heavy (non-hydrogen) atoms. The Balaban J connectivity index is 1.88. The molecule has 0 spiro atoms. The third kappa shape index (κ3) is 3.08. The average Bonchev–Trinajstić information content (AvgIpc) is 2.99. The number of anilines is 1. The molecule has 0 fully saturated rings. The molecule has 0 aliphatic rings. The second-order valence-electron chi connectivity index (χ2n) is 5.91. The minimum Gasteiger partial charge on any atom is -0.346 e. The third-order valence-corrected chi connectivity index (χ3v) is 4.21. The maximum Gasteiger partial charge on any atom is 0.248 e. The first-order valence-corrected chi connectivity index (χ1v) is 7.74. The number of benzene rings is 2. The van der Waals surface area contributed by atoms with Gasteiger partial charge in [0.25, 0.3) is 0 Å². The van der Waals surface area contributed by atoms with Gasteiger partial charge in [0.05, 0.1) is 11.7 Å². The fourth-order valence-corrected chi connectivity index (χ4v) is 2.65. The number of aromatic nitrogens is 4. The van der Waals surface area contributed by atoms with E-state index < -0.39 is 0 Å². The minimum absolute atomic E-state index is 0.116. The maximum atomic E-state index is 4.12. The molecule has 0 saturated heterocycles. The van der Waals surface area contributed by atoms with Crippen LogP contribution in [0.2, 0.25) is 0 Å². The zero-order valence-electron chi connectivity index (χ0n) is 13.9. The van der Waals surface area contributed by atoms with Crippen LogP contribution in [-0.2, 0) is 0 Å². The predicted molar refractivity (Wildman–Crippen MR) is 91.8 cm³/mol. The summed E-state index contributed by atoms with van der Waals surface area (Å²) in [6, 6.07) is 14.6. The van der Waals surface area contributed by atoms with Crippen LogP contribution in [0.3, 0.4) is 0 Å². The lowest BCUT2D eigenvalue weighted by atomic mass is 9.98. The van der Waals surface area contributed by atoms with Gasteiger partial charge >= 0.3 is 0 Å². The normalized spacial score (nSPS) is 12.2. The second-order valence-corrected chi connectivity index (χ2v) is 5.91. The molecule has 1 unspecified atom stereocenters. The second kappa shape index (κ2) is 6.20. The van der Waals surface area contributed by atoms with Crippen molar-refractivity contribution >= 4 is 5.95 Å². The lowest BCUT2D eigenvalue weighted by Crippen LogP contribution is -2.13. The highest BCUT2D eigenvalue weighted by molar-refractivity contribution is 5.43. The molecular weight excluding hydrogens is 286 g/mol. The Bertz CT molecular complexity index is 805. The van der Waals surface area contributed by atoms with Crippen LogP contribution in [0.1, 0.15) is 35.2 Å². The van der Waals surface area contributed by atoms with Gasteiger partial charge in [-0.25, -0.2) is 0 Å². The van der Waals surface area contributed by atoms with Gasteiger partial charge in [0.1, 0.15) is 0 Å². The number of nitrogens with zero attached hydrogens (tertiary/aromatic N) is 4. The molecule has 0 bridgehead atoms. The molecular formula is C18H21N5. The highest BCUT2D eigenvalue weighted by Gasteiger charge is 2.14. The van der Waals surface area contributed by atoms with Crippen molar-refractivity contribution in [3.8, 4) is 5.69 Å². The van der Waals surface area contributed by atoms with Crippen molar-refractivity contribution in [2.45, 2.75) is 33.7 Å². The molecule has 1 heterocycles. The summed E-state index contributed by atoms with van der Waals surface area (Å²) in [4.78, 5) is 0. The summed E-state index contributed by atoms with van der Waals surface area (Å²) < 4.78 is 1.72. The minimum atomic E-state index is 0.116. The topological polar surface area (TPSA) is 55.6 Å². The van der Waals surface area contributed by atoms with Crippen molar-refractivity contribution in [3.63, 3.8) is 0 Å². The van der Waals surface area contributed by atoms with Crippen LogP contribution in [0.5, 0.6) is 0 Å². The van der Waals surface area contributed by atoms with Crippen LogP contribution in [-0.4, -0.2) is 20.2 Å². The van der Waals surface area contributed by atoms with Gasteiger partial charge in [-0.3, -0.25) is 0 Å². The summed E-state index contributed by atoms with van der Waals surface area (Å²) in [5.41, 5.74) is 5.98. The lowest BCUT2D eigenvalue weighted by molar-refractivity contribution is 0.779. The standard InChI is InChI=1S/C18H21N5/c1-12-8-10-16(11-9-12)23-18(20-21-22-23)19-15(4)17-7-5-6-13(2)14(17)3/h5-11,15H,1-4H3,(H,19,20,22). The van der Waals surface area contributed by atoms with E-state index in [2.05, 4.69) is 78.9 Å². The molecule has 1 atom stereocenters. The number of aryl methyl sites for hydroxylation is 2. The first-order chi connectivity index (χ1) is 11.1. The molecule has 118 valence electrons. The zero-order chi connectivity index (χ0) is 16.4. The van der Waals surface area contributed by atoms with E-state index in [1.807, 2.05) is 12.1 Å². The number of nitrogens with one attached hydrogen (secondary N) is 1. The van der Waals surface area contributed by atoms with E-state index in [0.717, 1.165) is 5.69 Å². The third-order valence-electron chi connectivity index (χ3n) is 4.21. The first kappa shape index (κ1) is 15.2. The van der Waals surface area contributed by atoms with Gasteiger partial charge in [0.2, 0.25) is 5.95 Å². The van der Waals surface area contributed by atoms with E-state index in [4.69, 9.17) is 0 Å². The highest BCUT2D eigenvalue weighted by atomic mass is 15.6.